The summed E-state index contributed by atoms with van der Waals surface area (Å²) in [4.78, 5) is 42.6. The molecule has 35 heavy (non-hydrogen) atoms. The van der Waals surface area contributed by atoms with Crippen LogP contribution in [0, 0.1) is 11.8 Å². The third-order valence-electron chi connectivity index (χ3n) is 8.13. The Kier molecular flexibility index (Phi) is 7.81. The monoisotopic (exact) mass is 485 g/mol. The summed E-state index contributed by atoms with van der Waals surface area (Å²) < 4.78 is 6.72. The number of likely N-dealkylation sites (tertiary alicyclic amines) is 1. The van der Waals surface area contributed by atoms with Crippen LogP contribution in [0.3, 0.4) is 0 Å². The second-order valence-electron chi connectivity index (χ2n) is 10.1. The fraction of sp³-hybridized carbons (Fsp3) is 0.667. The van der Waals surface area contributed by atoms with Gasteiger partial charge in [-0.3, -0.25) is 14.4 Å². The molecule has 3 heterocycles. The molecular weight excluding hydrogens is 446 g/mol. The van der Waals surface area contributed by atoms with Crippen molar-refractivity contribution in [3.63, 3.8) is 0 Å². The minimum Gasteiger partial charge on any atom is -0.396 e. The molecule has 192 valence electrons. The molecule has 0 aromatic heterocycles. The van der Waals surface area contributed by atoms with Gasteiger partial charge < -0.3 is 25.4 Å². The van der Waals surface area contributed by atoms with Gasteiger partial charge in [0.25, 0.3) is 0 Å². The van der Waals surface area contributed by atoms with Crippen molar-refractivity contribution in [1.29, 1.82) is 0 Å². The van der Waals surface area contributed by atoms with Gasteiger partial charge in [-0.2, -0.15) is 0 Å². The van der Waals surface area contributed by atoms with Gasteiger partial charge in [-0.05, 0) is 50.5 Å². The number of hydrogen-bond acceptors (Lipinski definition) is 5. The van der Waals surface area contributed by atoms with Crippen molar-refractivity contribution in [2.24, 2.45) is 11.8 Å². The average Bonchev–Trinajstić information content (AvgIpc) is 3.48. The molecule has 0 radical (unpaired) electrons. The fourth-order valence-corrected chi connectivity index (χ4v) is 6.47. The summed E-state index contributed by atoms with van der Waals surface area (Å²) in [7, 11) is 0. The van der Waals surface area contributed by atoms with E-state index < -0.39 is 29.1 Å². The highest BCUT2D eigenvalue weighted by Crippen LogP contribution is 2.64. The number of hydrogen-bond donors (Lipinski definition) is 3. The summed E-state index contributed by atoms with van der Waals surface area (Å²) in [6.07, 6.45) is 4.78. The lowest BCUT2D eigenvalue weighted by Gasteiger charge is -2.34. The number of rotatable bonds is 12. The standard InChI is InChI=1S/C27H39N3O5/c1-3-15-28-23(32)20-21-25(34)30(16-9-6-10-17-31)22(27(21)14-13-26(20,4-2)35-27)24(33)29-18-19-11-7-5-8-12-19/h5,7-8,11-12,20-22,31H,3-4,6,9-10,13-18H2,1-2H3,(H,28,32)(H,29,33)/t20-,21+,22?,26+,27?/m1/s1. The van der Waals surface area contributed by atoms with Gasteiger partial charge in [-0.25, -0.2) is 0 Å². The van der Waals surface area contributed by atoms with Gasteiger partial charge in [0.2, 0.25) is 17.7 Å². The van der Waals surface area contributed by atoms with Crippen LogP contribution in [0.1, 0.15) is 64.4 Å². The first-order chi connectivity index (χ1) is 16.9. The summed E-state index contributed by atoms with van der Waals surface area (Å²) in [6.45, 7) is 5.42. The fourth-order valence-electron chi connectivity index (χ4n) is 6.47. The lowest BCUT2D eigenvalue weighted by atomic mass is 9.65. The summed E-state index contributed by atoms with van der Waals surface area (Å²) in [5.41, 5.74) is -0.717. The highest BCUT2D eigenvalue weighted by Gasteiger charge is 2.78. The van der Waals surface area contributed by atoms with Crippen molar-refractivity contribution in [3.8, 4) is 0 Å². The van der Waals surface area contributed by atoms with Crippen LogP contribution in [0.5, 0.6) is 0 Å². The predicted molar refractivity (Wildman–Crippen MR) is 131 cm³/mol. The largest absolute Gasteiger partial charge is 0.396 e. The average molecular weight is 486 g/mol. The van der Waals surface area contributed by atoms with E-state index in [0.717, 1.165) is 18.4 Å². The van der Waals surface area contributed by atoms with Gasteiger partial charge in [-0.1, -0.05) is 44.2 Å². The Morgan fingerprint density at radius 2 is 1.86 bits per heavy atom. The van der Waals surface area contributed by atoms with E-state index in [1.165, 1.54) is 0 Å². The number of aliphatic hydroxyl groups is 1. The number of amides is 3. The Morgan fingerprint density at radius 1 is 1.09 bits per heavy atom. The van der Waals surface area contributed by atoms with Gasteiger partial charge in [0.1, 0.15) is 11.6 Å². The number of aliphatic hydroxyl groups excluding tert-OH is 1. The molecule has 3 aliphatic rings. The number of carbonyl (C=O) groups excluding carboxylic acids is 3. The van der Waals surface area contributed by atoms with E-state index in [0.29, 0.717) is 51.7 Å². The summed E-state index contributed by atoms with van der Waals surface area (Å²) in [6, 6.07) is 8.91. The second kappa shape index (κ2) is 10.7. The summed E-state index contributed by atoms with van der Waals surface area (Å²) >= 11 is 0. The molecule has 1 aromatic rings. The molecule has 2 bridgehead atoms. The number of unbranched alkanes of at least 4 members (excludes halogenated alkanes) is 2. The van der Waals surface area contributed by atoms with Crippen LogP contribution in [-0.4, -0.2) is 64.7 Å². The van der Waals surface area contributed by atoms with E-state index in [2.05, 4.69) is 10.6 Å². The van der Waals surface area contributed by atoms with E-state index >= 15 is 0 Å². The molecule has 5 atom stereocenters. The first kappa shape index (κ1) is 25.6. The minimum absolute atomic E-state index is 0.101. The van der Waals surface area contributed by atoms with Crippen LogP contribution in [-0.2, 0) is 25.7 Å². The maximum Gasteiger partial charge on any atom is 0.246 e. The van der Waals surface area contributed by atoms with Gasteiger partial charge in [0.05, 0.1) is 17.4 Å². The molecule has 4 rings (SSSR count). The third-order valence-corrected chi connectivity index (χ3v) is 8.13. The maximum atomic E-state index is 13.9. The van der Waals surface area contributed by atoms with Crippen molar-refractivity contribution in [1.82, 2.24) is 15.5 Å². The molecule has 1 spiro atoms. The molecule has 0 aliphatic carbocycles. The highest BCUT2D eigenvalue weighted by atomic mass is 16.5. The van der Waals surface area contributed by atoms with Crippen LogP contribution < -0.4 is 10.6 Å². The first-order valence-electron chi connectivity index (χ1n) is 13.1. The zero-order chi connectivity index (χ0) is 25.1. The number of nitrogens with zero attached hydrogens (tertiary/aromatic N) is 1. The molecular formula is C27H39N3O5. The van der Waals surface area contributed by atoms with Crippen molar-refractivity contribution < 1.29 is 24.2 Å². The Balaban J connectivity index is 1.64. The maximum absolute atomic E-state index is 13.9. The van der Waals surface area contributed by atoms with Gasteiger partial charge in [0.15, 0.2) is 0 Å². The van der Waals surface area contributed by atoms with E-state index in [1.54, 1.807) is 4.90 Å². The third kappa shape index (κ3) is 4.47. The second-order valence-corrected chi connectivity index (χ2v) is 10.1. The molecule has 3 amide bonds. The smallest absolute Gasteiger partial charge is 0.246 e. The number of ether oxygens (including phenoxy) is 1. The quantitative estimate of drug-likeness (QED) is 0.393. The topological polar surface area (TPSA) is 108 Å². The Labute approximate surface area is 207 Å². The molecule has 8 nitrogen and oxygen atoms in total. The number of benzene rings is 1. The minimum atomic E-state index is -0.987. The molecule has 8 heteroatoms. The molecule has 0 saturated carbocycles. The van der Waals surface area contributed by atoms with Crippen molar-refractivity contribution >= 4 is 17.7 Å². The Hall–Kier alpha value is -2.45. The highest BCUT2D eigenvalue weighted by molar-refractivity contribution is 5.99. The van der Waals surface area contributed by atoms with Crippen LogP contribution in [0.15, 0.2) is 30.3 Å². The van der Waals surface area contributed by atoms with Crippen molar-refractivity contribution in [3.05, 3.63) is 35.9 Å². The van der Waals surface area contributed by atoms with Crippen LogP contribution in [0.4, 0.5) is 0 Å². The number of fused-ring (bicyclic) bond motifs is 1. The van der Waals surface area contributed by atoms with E-state index in [-0.39, 0.29) is 24.3 Å². The summed E-state index contributed by atoms with van der Waals surface area (Å²) in [5, 5.41) is 15.2. The molecule has 3 N–H and O–H groups in total. The van der Waals surface area contributed by atoms with Crippen molar-refractivity contribution in [2.45, 2.75) is 82.6 Å². The predicted octanol–water partition coefficient (Wildman–Crippen LogP) is 2.15. The van der Waals surface area contributed by atoms with E-state index in [9.17, 15) is 14.4 Å². The van der Waals surface area contributed by atoms with Gasteiger partial charge in [-0.15, -0.1) is 0 Å². The Morgan fingerprint density at radius 3 is 2.54 bits per heavy atom. The SMILES string of the molecule is CCCNC(=O)[C@H]1[C@H]2C(=O)N(CCCCCO)C(C(=O)NCc3ccccc3)C23CC[C@]1(CC)O3. The van der Waals surface area contributed by atoms with Gasteiger partial charge in [0, 0.05) is 26.2 Å². The molecule has 1 aromatic carbocycles. The van der Waals surface area contributed by atoms with E-state index in [1.807, 2.05) is 44.2 Å². The van der Waals surface area contributed by atoms with Gasteiger partial charge >= 0.3 is 0 Å². The lowest BCUT2D eigenvalue weighted by Crippen LogP contribution is -2.55. The summed E-state index contributed by atoms with van der Waals surface area (Å²) in [5.74, 6) is -1.77. The van der Waals surface area contributed by atoms with Crippen LogP contribution in [0.2, 0.25) is 0 Å². The van der Waals surface area contributed by atoms with E-state index in [4.69, 9.17) is 9.84 Å². The van der Waals surface area contributed by atoms with Crippen molar-refractivity contribution in [2.75, 3.05) is 19.7 Å². The van der Waals surface area contributed by atoms with Crippen LogP contribution >= 0.6 is 0 Å². The lowest BCUT2D eigenvalue weighted by molar-refractivity contribution is -0.147. The number of carbonyl (C=O) groups is 3. The first-order valence-corrected chi connectivity index (χ1v) is 13.1. The normalized spacial score (nSPS) is 31.0. The number of nitrogens with one attached hydrogen (secondary N) is 2. The molecule has 3 fully saturated rings. The zero-order valence-electron chi connectivity index (χ0n) is 20.9. The molecule has 3 saturated heterocycles. The Bertz CT molecular complexity index is 925. The molecule has 2 unspecified atom stereocenters. The van der Waals surface area contributed by atoms with Crippen LogP contribution in [0.25, 0.3) is 0 Å². The zero-order valence-corrected chi connectivity index (χ0v) is 20.9. The molecule has 3 aliphatic heterocycles.